The summed E-state index contributed by atoms with van der Waals surface area (Å²) in [5.41, 5.74) is 0.912. The SMILES string of the molecule is COc1ccccc1NCCC(=O)NCCCN(C)C. The van der Waals surface area contributed by atoms with Crippen LogP contribution in [0.2, 0.25) is 0 Å². The van der Waals surface area contributed by atoms with E-state index in [2.05, 4.69) is 15.5 Å². The van der Waals surface area contributed by atoms with Gasteiger partial charge in [0.15, 0.2) is 0 Å². The highest BCUT2D eigenvalue weighted by Gasteiger charge is 2.03. The van der Waals surface area contributed by atoms with Crippen molar-refractivity contribution in [2.75, 3.05) is 46.2 Å². The number of nitrogens with zero attached hydrogens (tertiary/aromatic N) is 1. The van der Waals surface area contributed by atoms with E-state index < -0.39 is 0 Å². The molecule has 0 aliphatic rings. The van der Waals surface area contributed by atoms with Gasteiger partial charge in [-0.2, -0.15) is 0 Å². The molecule has 0 radical (unpaired) electrons. The molecule has 20 heavy (non-hydrogen) atoms. The van der Waals surface area contributed by atoms with E-state index >= 15 is 0 Å². The van der Waals surface area contributed by atoms with Gasteiger partial charge < -0.3 is 20.3 Å². The molecule has 1 rings (SSSR count). The first-order chi connectivity index (χ1) is 9.63. The van der Waals surface area contributed by atoms with Crippen molar-refractivity contribution in [3.8, 4) is 5.75 Å². The van der Waals surface area contributed by atoms with Crippen molar-refractivity contribution in [2.24, 2.45) is 0 Å². The van der Waals surface area contributed by atoms with Crippen LogP contribution in [-0.4, -0.2) is 51.6 Å². The molecule has 0 saturated heterocycles. The lowest BCUT2D eigenvalue weighted by molar-refractivity contribution is -0.120. The van der Waals surface area contributed by atoms with Crippen LogP contribution in [0, 0.1) is 0 Å². The van der Waals surface area contributed by atoms with Gasteiger partial charge in [0.1, 0.15) is 5.75 Å². The number of amides is 1. The largest absolute Gasteiger partial charge is 0.495 e. The summed E-state index contributed by atoms with van der Waals surface area (Å²) in [6.45, 7) is 2.31. The predicted octanol–water partition coefficient (Wildman–Crippen LogP) is 1.57. The molecule has 1 amide bonds. The number of hydrogen-bond acceptors (Lipinski definition) is 4. The summed E-state index contributed by atoms with van der Waals surface area (Å²) >= 11 is 0. The highest BCUT2D eigenvalue weighted by atomic mass is 16.5. The molecule has 0 unspecified atom stereocenters. The van der Waals surface area contributed by atoms with Crippen molar-refractivity contribution in [3.05, 3.63) is 24.3 Å². The summed E-state index contributed by atoms with van der Waals surface area (Å²) in [7, 11) is 5.69. The third-order valence-electron chi connectivity index (χ3n) is 2.88. The van der Waals surface area contributed by atoms with Gasteiger partial charge in [-0.25, -0.2) is 0 Å². The first-order valence-electron chi connectivity index (χ1n) is 6.92. The zero-order valence-corrected chi connectivity index (χ0v) is 12.6. The second-order valence-corrected chi connectivity index (χ2v) is 4.88. The molecule has 0 aliphatic heterocycles. The van der Waals surface area contributed by atoms with Crippen LogP contribution in [0.15, 0.2) is 24.3 Å². The van der Waals surface area contributed by atoms with Crippen molar-refractivity contribution in [2.45, 2.75) is 12.8 Å². The lowest BCUT2D eigenvalue weighted by Crippen LogP contribution is -2.28. The third kappa shape index (κ3) is 6.43. The highest BCUT2D eigenvalue weighted by molar-refractivity contribution is 5.76. The van der Waals surface area contributed by atoms with Gasteiger partial charge in [-0.1, -0.05) is 12.1 Å². The average molecular weight is 279 g/mol. The Morgan fingerprint density at radius 2 is 2.00 bits per heavy atom. The number of hydrogen-bond donors (Lipinski definition) is 2. The van der Waals surface area contributed by atoms with Gasteiger partial charge in [-0.3, -0.25) is 4.79 Å². The molecule has 0 aliphatic carbocycles. The summed E-state index contributed by atoms with van der Waals surface area (Å²) < 4.78 is 5.24. The van der Waals surface area contributed by atoms with E-state index in [9.17, 15) is 4.79 Å². The Morgan fingerprint density at radius 3 is 2.70 bits per heavy atom. The Labute approximate surface area is 121 Å². The van der Waals surface area contributed by atoms with Gasteiger partial charge in [-0.05, 0) is 39.2 Å². The quantitative estimate of drug-likeness (QED) is 0.674. The van der Waals surface area contributed by atoms with Gasteiger partial charge in [-0.15, -0.1) is 0 Å². The first-order valence-corrected chi connectivity index (χ1v) is 6.92. The maximum Gasteiger partial charge on any atom is 0.221 e. The van der Waals surface area contributed by atoms with Crippen molar-refractivity contribution in [1.29, 1.82) is 0 Å². The van der Waals surface area contributed by atoms with E-state index in [1.807, 2.05) is 38.4 Å². The van der Waals surface area contributed by atoms with E-state index in [4.69, 9.17) is 4.74 Å². The van der Waals surface area contributed by atoms with Gasteiger partial charge in [0.25, 0.3) is 0 Å². The minimum absolute atomic E-state index is 0.0751. The Kier molecular flexibility index (Phi) is 7.50. The van der Waals surface area contributed by atoms with E-state index in [-0.39, 0.29) is 5.91 Å². The molecule has 1 aromatic rings. The van der Waals surface area contributed by atoms with Crippen molar-refractivity contribution < 1.29 is 9.53 Å². The summed E-state index contributed by atoms with van der Waals surface area (Å²) in [5, 5.41) is 6.13. The fourth-order valence-corrected chi connectivity index (χ4v) is 1.81. The smallest absolute Gasteiger partial charge is 0.221 e. The predicted molar refractivity (Wildman–Crippen MR) is 82.3 cm³/mol. The maximum atomic E-state index is 11.6. The second kappa shape index (κ2) is 9.20. The maximum absolute atomic E-state index is 11.6. The van der Waals surface area contributed by atoms with Crippen LogP contribution in [-0.2, 0) is 4.79 Å². The Hall–Kier alpha value is -1.75. The van der Waals surface area contributed by atoms with Crippen LogP contribution in [0.3, 0.4) is 0 Å². The number of methoxy groups -OCH3 is 1. The molecule has 112 valence electrons. The molecule has 5 heteroatoms. The van der Waals surface area contributed by atoms with E-state index in [1.54, 1.807) is 7.11 Å². The fraction of sp³-hybridized carbons (Fsp3) is 0.533. The lowest BCUT2D eigenvalue weighted by Gasteiger charge is -2.11. The van der Waals surface area contributed by atoms with E-state index in [0.29, 0.717) is 13.0 Å². The van der Waals surface area contributed by atoms with Gasteiger partial charge in [0, 0.05) is 19.5 Å². The monoisotopic (exact) mass is 279 g/mol. The summed E-state index contributed by atoms with van der Waals surface area (Å²) in [6.07, 6.45) is 1.43. The molecule has 1 aromatic carbocycles. The molecular formula is C15H25N3O2. The van der Waals surface area contributed by atoms with Crippen LogP contribution in [0.4, 0.5) is 5.69 Å². The minimum Gasteiger partial charge on any atom is -0.495 e. The second-order valence-electron chi connectivity index (χ2n) is 4.88. The van der Waals surface area contributed by atoms with Crippen molar-refractivity contribution >= 4 is 11.6 Å². The van der Waals surface area contributed by atoms with Crippen LogP contribution in [0.5, 0.6) is 5.75 Å². The highest BCUT2D eigenvalue weighted by Crippen LogP contribution is 2.22. The van der Waals surface area contributed by atoms with Gasteiger partial charge >= 0.3 is 0 Å². The molecule has 2 N–H and O–H groups in total. The third-order valence-corrected chi connectivity index (χ3v) is 2.88. The summed E-state index contributed by atoms with van der Waals surface area (Å²) in [6, 6.07) is 7.69. The molecule has 0 atom stereocenters. The molecule has 5 nitrogen and oxygen atoms in total. The molecule has 0 bridgehead atoms. The molecule has 0 spiro atoms. The number of nitrogens with one attached hydrogen (secondary N) is 2. The van der Waals surface area contributed by atoms with Gasteiger partial charge in [0.05, 0.1) is 12.8 Å². The lowest BCUT2D eigenvalue weighted by atomic mass is 10.3. The summed E-state index contributed by atoms with van der Waals surface area (Å²) in [5.74, 6) is 0.866. The molecule has 0 fully saturated rings. The number of ether oxygens (including phenoxy) is 1. The van der Waals surface area contributed by atoms with Crippen molar-refractivity contribution in [1.82, 2.24) is 10.2 Å². The fourth-order valence-electron chi connectivity index (χ4n) is 1.81. The zero-order valence-electron chi connectivity index (χ0n) is 12.6. The summed E-state index contributed by atoms with van der Waals surface area (Å²) in [4.78, 5) is 13.7. The number of carbonyl (C=O) groups is 1. The normalized spacial score (nSPS) is 10.4. The Bertz CT molecular complexity index is 408. The molecule has 0 aromatic heterocycles. The zero-order chi connectivity index (χ0) is 14.8. The first kappa shape index (κ1) is 16.3. The number of carbonyl (C=O) groups excluding carboxylic acids is 1. The van der Waals surface area contributed by atoms with Crippen molar-refractivity contribution in [3.63, 3.8) is 0 Å². The van der Waals surface area contributed by atoms with Gasteiger partial charge in [0.2, 0.25) is 5.91 Å². The number of benzene rings is 1. The minimum atomic E-state index is 0.0751. The number of anilines is 1. The van der Waals surface area contributed by atoms with Crippen LogP contribution < -0.4 is 15.4 Å². The van der Waals surface area contributed by atoms with E-state index in [1.165, 1.54) is 0 Å². The molecule has 0 heterocycles. The number of para-hydroxylation sites is 2. The van der Waals surface area contributed by atoms with E-state index in [0.717, 1.165) is 30.9 Å². The Morgan fingerprint density at radius 1 is 1.25 bits per heavy atom. The average Bonchev–Trinajstić information content (AvgIpc) is 2.44. The topological polar surface area (TPSA) is 53.6 Å². The molecular weight excluding hydrogens is 254 g/mol. The molecule has 0 saturated carbocycles. The van der Waals surface area contributed by atoms with Crippen LogP contribution in [0.25, 0.3) is 0 Å². The number of rotatable bonds is 9. The standard InChI is InChI=1S/C15H25N3O2/c1-18(2)12-6-10-17-15(19)9-11-16-13-7-4-5-8-14(13)20-3/h4-5,7-8,16H,6,9-12H2,1-3H3,(H,17,19). The van der Waals surface area contributed by atoms with Crippen LogP contribution >= 0.6 is 0 Å². The Balaban J connectivity index is 2.18. The van der Waals surface area contributed by atoms with Crippen LogP contribution in [0.1, 0.15) is 12.8 Å².